The lowest BCUT2D eigenvalue weighted by Crippen LogP contribution is -2.58. The average molecular weight is 596 g/mol. The minimum Gasteiger partial charge on any atom is -0.460 e. The number of ether oxygens (including phenoxy) is 1. The average Bonchev–Trinajstić information content (AvgIpc) is 2.92. The molecule has 0 aliphatic carbocycles. The highest BCUT2D eigenvalue weighted by Crippen LogP contribution is 2.23. The fourth-order valence-electron chi connectivity index (χ4n) is 4.86. The molecule has 12 nitrogen and oxygen atoms in total. The number of cyclic esters (lactones) is 1. The molecule has 12 heteroatoms. The molecule has 240 valence electrons. The highest BCUT2D eigenvalue weighted by atomic mass is 16.5. The first-order valence-corrected chi connectivity index (χ1v) is 15.3. The van der Waals surface area contributed by atoms with Crippen molar-refractivity contribution in [3.63, 3.8) is 0 Å². The molecular weight excluding hydrogens is 542 g/mol. The van der Waals surface area contributed by atoms with Crippen molar-refractivity contribution in [3.8, 4) is 0 Å². The van der Waals surface area contributed by atoms with E-state index >= 15 is 0 Å². The molecule has 1 heterocycles. The van der Waals surface area contributed by atoms with Gasteiger partial charge in [0.2, 0.25) is 29.5 Å². The van der Waals surface area contributed by atoms with Gasteiger partial charge in [0.05, 0.1) is 12.5 Å². The molecule has 1 fully saturated rings. The Morgan fingerprint density at radius 3 is 2.00 bits per heavy atom. The zero-order valence-electron chi connectivity index (χ0n) is 26.6. The summed E-state index contributed by atoms with van der Waals surface area (Å²) in [5.74, 6) is -4.70. The summed E-state index contributed by atoms with van der Waals surface area (Å²) in [6.45, 7) is 13.6. The molecule has 0 aromatic carbocycles. The Hall–Kier alpha value is -3.18. The Labute approximate surface area is 250 Å². The van der Waals surface area contributed by atoms with Crippen LogP contribution in [0.3, 0.4) is 0 Å². The molecule has 6 unspecified atom stereocenters. The van der Waals surface area contributed by atoms with Gasteiger partial charge >= 0.3 is 5.97 Å². The van der Waals surface area contributed by atoms with E-state index in [1.165, 1.54) is 6.92 Å². The molecule has 5 amide bonds. The van der Waals surface area contributed by atoms with Crippen LogP contribution in [-0.2, 0) is 33.5 Å². The zero-order valence-corrected chi connectivity index (χ0v) is 26.6. The number of esters is 1. The normalized spacial score (nSPS) is 26.6. The van der Waals surface area contributed by atoms with E-state index in [0.29, 0.717) is 6.42 Å². The third-order valence-corrected chi connectivity index (χ3v) is 7.44. The summed E-state index contributed by atoms with van der Waals surface area (Å²) >= 11 is 0. The van der Waals surface area contributed by atoms with E-state index in [1.807, 2.05) is 20.8 Å². The molecule has 1 aliphatic rings. The molecule has 1 saturated heterocycles. The first kappa shape index (κ1) is 36.8. The van der Waals surface area contributed by atoms with Crippen LogP contribution in [0.5, 0.6) is 0 Å². The van der Waals surface area contributed by atoms with E-state index in [0.717, 1.165) is 32.1 Å². The van der Waals surface area contributed by atoms with E-state index in [2.05, 4.69) is 33.5 Å². The fraction of sp³-hybridized carbons (Fsp3) is 0.800. The van der Waals surface area contributed by atoms with Crippen molar-refractivity contribution in [1.82, 2.24) is 26.6 Å². The van der Waals surface area contributed by atoms with Crippen molar-refractivity contribution in [3.05, 3.63) is 0 Å². The quantitative estimate of drug-likeness (QED) is 0.199. The van der Waals surface area contributed by atoms with Crippen LogP contribution in [0, 0.1) is 23.7 Å². The molecule has 0 bridgehead atoms. The second kappa shape index (κ2) is 18.4. The third kappa shape index (κ3) is 12.8. The van der Waals surface area contributed by atoms with E-state index in [4.69, 9.17) is 4.74 Å². The summed E-state index contributed by atoms with van der Waals surface area (Å²) in [5, 5.41) is 13.0. The predicted octanol–water partition coefficient (Wildman–Crippen LogP) is 1.56. The fourth-order valence-corrected chi connectivity index (χ4v) is 4.86. The van der Waals surface area contributed by atoms with Crippen LogP contribution in [0.15, 0.2) is 0 Å². The van der Waals surface area contributed by atoms with E-state index < -0.39 is 72.2 Å². The minimum atomic E-state index is -1.00. The van der Waals surface area contributed by atoms with Crippen molar-refractivity contribution in [2.75, 3.05) is 13.1 Å². The van der Waals surface area contributed by atoms with E-state index in [1.54, 1.807) is 20.8 Å². The summed E-state index contributed by atoms with van der Waals surface area (Å²) in [7, 11) is 0. The van der Waals surface area contributed by atoms with Gasteiger partial charge in [-0.3, -0.25) is 28.8 Å². The van der Waals surface area contributed by atoms with Crippen LogP contribution in [0.25, 0.3) is 0 Å². The highest BCUT2D eigenvalue weighted by Gasteiger charge is 2.34. The van der Waals surface area contributed by atoms with Crippen LogP contribution in [0.4, 0.5) is 0 Å². The van der Waals surface area contributed by atoms with Crippen LogP contribution >= 0.6 is 0 Å². The Kier molecular flexibility index (Phi) is 16.1. The van der Waals surface area contributed by atoms with Crippen molar-refractivity contribution in [2.45, 2.75) is 118 Å². The van der Waals surface area contributed by atoms with Gasteiger partial charge in [-0.25, -0.2) is 0 Å². The highest BCUT2D eigenvalue weighted by molar-refractivity contribution is 5.95. The van der Waals surface area contributed by atoms with Gasteiger partial charge in [-0.2, -0.15) is 0 Å². The molecule has 6 atom stereocenters. The molecule has 0 aromatic rings. The van der Waals surface area contributed by atoms with Crippen LogP contribution in [0.1, 0.15) is 93.9 Å². The van der Waals surface area contributed by atoms with Crippen molar-refractivity contribution >= 4 is 35.5 Å². The molecule has 0 radical (unpaired) electrons. The standard InChI is InChI=1S/C30H53N5O7/c1-9-10-11-12-13-19(6)26-20(7)27(38)31-15-23(36)35-25(18(4)5)30(41)34-22(14-17(2)3)29(40)33-21(8)28(39)32-16-24(37)42-26/h17-22,25-26H,9-16H2,1-8H3,(H,31,38)(H,32,39)(H,33,40)(H,34,41)(H,35,36). The number of hydrogen-bond acceptors (Lipinski definition) is 7. The number of nitrogens with one attached hydrogen (secondary N) is 5. The second-order valence-corrected chi connectivity index (χ2v) is 12.2. The number of amides is 5. The molecular formula is C30H53N5O7. The summed E-state index contributed by atoms with van der Waals surface area (Å²) in [6, 6.07) is -2.93. The van der Waals surface area contributed by atoms with Gasteiger partial charge in [0.15, 0.2) is 0 Å². The second-order valence-electron chi connectivity index (χ2n) is 12.2. The van der Waals surface area contributed by atoms with Gasteiger partial charge in [-0.1, -0.05) is 74.1 Å². The monoisotopic (exact) mass is 595 g/mol. The zero-order chi connectivity index (χ0) is 32.0. The smallest absolute Gasteiger partial charge is 0.325 e. The number of unbranched alkanes of at least 4 members (excludes halogenated alkanes) is 3. The molecule has 42 heavy (non-hydrogen) atoms. The first-order valence-electron chi connectivity index (χ1n) is 15.3. The van der Waals surface area contributed by atoms with Crippen molar-refractivity contribution in [2.24, 2.45) is 23.7 Å². The van der Waals surface area contributed by atoms with Gasteiger partial charge in [-0.15, -0.1) is 0 Å². The Bertz CT molecular complexity index is 939. The molecule has 0 aromatic heterocycles. The number of carbonyl (C=O) groups is 6. The summed E-state index contributed by atoms with van der Waals surface area (Å²) < 4.78 is 5.72. The van der Waals surface area contributed by atoms with E-state index in [-0.39, 0.29) is 24.3 Å². The maximum Gasteiger partial charge on any atom is 0.325 e. The number of rotatable bonds is 9. The minimum absolute atomic E-state index is 0.0350. The molecule has 1 aliphatic heterocycles. The lowest BCUT2D eigenvalue weighted by molar-refractivity contribution is -0.157. The first-order chi connectivity index (χ1) is 19.7. The van der Waals surface area contributed by atoms with Crippen LogP contribution < -0.4 is 26.6 Å². The Morgan fingerprint density at radius 2 is 1.40 bits per heavy atom. The number of carbonyl (C=O) groups excluding carboxylic acids is 6. The maximum atomic E-state index is 13.2. The molecule has 1 rings (SSSR count). The number of hydrogen-bond donors (Lipinski definition) is 5. The summed E-state index contributed by atoms with van der Waals surface area (Å²) in [6.07, 6.45) is 4.32. The molecule has 0 saturated carbocycles. The SMILES string of the molecule is CCCCCCC(C)C1OC(=O)CNC(=O)C(C)NC(=O)C(CC(C)C)NC(=O)C(C(C)C)NC(=O)CNC(=O)C1C. The predicted molar refractivity (Wildman–Crippen MR) is 159 cm³/mol. The Balaban J connectivity index is 3.26. The van der Waals surface area contributed by atoms with Gasteiger partial charge in [0.1, 0.15) is 30.8 Å². The van der Waals surface area contributed by atoms with Gasteiger partial charge in [0.25, 0.3) is 0 Å². The van der Waals surface area contributed by atoms with Crippen molar-refractivity contribution in [1.29, 1.82) is 0 Å². The van der Waals surface area contributed by atoms with Gasteiger partial charge < -0.3 is 31.3 Å². The van der Waals surface area contributed by atoms with Gasteiger partial charge in [0, 0.05) is 0 Å². The lowest BCUT2D eigenvalue weighted by Gasteiger charge is -2.29. The summed E-state index contributed by atoms with van der Waals surface area (Å²) in [5.41, 5.74) is 0. The molecule has 0 spiro atoms. The van der Waals surface area contributed by atoms with E-state index in [9.17, 15) is 28.8 Å². The van der Waals surface area contributed by atoms with Gasteiger partial charge in [-0.05, 0) is 37.5 Å². The van der Waals surface area contributed by atoms with Crippen LogP contribution in [0.2, 0.25) is 0 Å². The topological polar surface area (TPSA) is 172 Å². The third-order valence-electron chi connectivity index (χ3n) is 7.44. The van der Waals surface area contributed by atoms with Crippen molar-refractivity contribution < 1.29 is 33.5 Å². The largest absolute Gasteiger partial charge is 0.460 e. The maximum absolute atomic E-state index is 13.2. The van der Waals surface area contributed by atoms with Crippen LogP contribution in [-0.4, -0.2) is 72.8 Å². The summed E-state index contributed by atoms with van der Waals surface area (Å²) in [4.78, 5) is 77.6. The molecule has 5 N–H and O–H groups in total. The Morgan fingerprint density at radius 1 is 0.762 bits per heavy atom. The lowest BCUT2D eigenvalue weighted by atomic mass is 9.88.